The van der Waals surface area contributed by atoms with Gasteiger partial charge in [0.25, 0.3) is 5.91 Å². The first-order valence-electron chi connectivity index (χ1n) is 7.18. The van der Waals surface area contributed by atoms with Crippen LogP contribution in [0, 0.1) is 5.92 Å². The molecule has 1 aliphatic heterocycles. The maximum absolute atomic E-state index is 12.4. The van der Waals surface area contributed by atoms with Gasteiger partial charge in [0.1, 0.15) is 11.4 Å². The van der Waals surface area contributed by atoms with Gasteiger partial charge in [-0.05, 0) is 42.5 Å². The van der Waals surface area contributed by atoms with Crippen LogP contribution in [0.15, 0.2) is 36.5 Å². The van der Waals surface area contributed by atoms with E-state index in [0.29, 0.717) is 11.6 Å². The summed E-state index contributed by atoms with van der Waals surface area (Å²) in [6, 6.07) is 9.07. The minimum Gasteiger partial charge on any atom is -0.508 e. The van der Waals surface area contributed by atoms with E-state index in [-0.39, 0.29) is 11.7 Å². The van der Waals surface area contributed by atoms with Crippen molar-refractivity contribution in [2.24, 2.45) is 13.0 Å². The van der Waals surface area contributed by atoms with Gasteiger partial charge >= 0.3 is 0 Å². The first-order valence-corrected chi connectivity index (χ1v) is 7.18. The van der Waals surface area contributed by atoms with Crippen LogP contribution in [-0.4, -0.2) is 38.8 Å². The molecule has 1 aliphatic rings. The number of benzene rings is 1. The summed E-state index contributed by atoms with van der Waals surface area (Å²) in [4.78, 5) is 14.3. The normalized spacial score (nSPS) is 18.1. The van der Waals surface area contributed by atoms with Gasteiger partial charge < -0.3 is 10.0 Å². The Morgan fingerprint density at radius 1 is 1.33 bits per heavy atom. The van der Waals surface area contributed by atoms with Crippen LogP contribution in [0.25, 0.3) is 0 Å². The molecule has 1 atom stereocenters. The Morgan fingerprint density at radius 3 is 2.76 bits per heavy atom. The van der Waals surface area contributed by atoms with Crippen LogP contribution in [0.2, 0.25) is 0 Å². The lowest BCUT2D eigenvalue weighted by atomic mass is 9.99. The molecule has 5 nitrogen and oxygen atoms in total. The number of likely N-dealkylation sites (tertiary alicyclic amines) is 1. The van der Waals surface area contributed by atoms with Crippen LogP contribution in [0.3, 0.4) is 0 Å². The Labute approximate surface area is 123 Å². The van der Waals surface area contributed by atoms with Crippen molar-refractivity contribution in [2.45, 2.75) is 12.8 Å². The lowest BCUT2D eigenvalue weighted by Crippen LogP contribution is -2.30. The summed E-state index contributed by atoms with van der Waals surface area (Å²) in [5.74, 6) is 0.827. The zero-order valence-electron chi connectivity index (χ0n) is 12.1. The van der Waals surface area contributed by atoms with E-state index >= 15 is 0 Å². The number of aromatic nitrogens is 2. The molecule has 1 saturated heterocycles. The number of phenols is 1. The van der Waals surface area contributed by atoms with Crippen molar-refractivity contribution in [2.75, 3.05) is 13.1 Å². The highest BCUT2D eigenvalue weighted by Gasteiger charge is 2.28. The molecule has 0 saturated carbocycles. The summed E-state index contributed by atoms with van der Waals surface area (Å²) in [5, 5.41) is 13.4. The van der Waals surface area contributed by atoms with Crippen molar-refractivity contribution in [1.29, 1.82) is 0 Å². The minimum absolute atomic E-state index is 0.0585. The lowest BCUT2D eigenvalue weighted by Gasteiger charge is -2.16. The first-order chi connectivity index (χ1) is 10.1. The number of nitrogens with zero attached hydrogens (tertiary/aromatic N) is 3. The molecular formula is C16H19N3O2. The van der Waals surface area contributed by atoms with Gasteiger partial charge in [0.15, 0.2) is 0 Å². The molecule has 0 bridgehead atoms. The van der Waals surface area contributed by atoms with Crippen molar-refractivity contribution >= 4 is 5.91 Å². The standard InChI is InChI=1S/C16H19N3O2/c1-18-15(6-8-17-18)16(21)19-9-7-13(11-19)10-12-2-4-14(20)5-3-12/h2-6,8,13,20H,7,9-11H2,1H3. The Hall–Kier alpha value is -2.30. The van der Waals surface area contributed by atoms with Crippen LogP contribution in [0.1, 0.15) is 22.5 Å². The topological polar surface area (TPSA) is 58.4 Å². The Balaban J connectivity index is 1.62. The van der Waals surface area contributed by atoms with E-state index in [9.17, 15) is 9.90 Å². The van der Waals surface area contributed by atoms with Gasteiger partial charge in [0.05, 0.1) is 0 Å². The fraction of sp³-hybridized carbons (Fsp3) is 0.375. The van der Waals surface area contributed by atoms with Gasteiger partial charge in [-0.25, -0.2) is 0 Å². The number of carbonyl (C=O) groups is 1. The summed E-state index contributed by atoms with van der Waals surface area (Å²) < 4.78 is 1.62. The third-order valence-electron chi connectivity index (χ3n) is 4.07. The third-order valence-corrected chi connectivity index (χ3v) is 4.07. The number of rotatable bonds is 3. The molecule has 1 fully saturated rings. The van der Waals surface area contributed by atoms with E-state index in [1.165, 1.54) is 5.56 Å². The second-order valence-electron chi connectivity index (χ2n) is 5.62. The van der Waals surface area contributed by atoms with E-state index in [1.807, 2.05) is 17.0 Å². The maximum atomic E-state index is 12.4. The molecule has 0 spiro atoms. The van der Waals surface area contributed by atoms with Gasteiger partial charge in [0, 0.05) is 26.3 Å². The van der Waals surface area contributed by atoms with Crippen LogP contribution < -0.4 is 0 Å². The predicted molar refractivity (Wildman–Crippen MR) is 79.0 cm³/mol. The van der Waals surface area contributed by atoms with Crippen molar-refractivity contribution < 1.29 is 9.90 Å². The zero-order chi connectivity index (χ0) is 14.8. The molecule has 1 aromatic heterocycles. The van der Waals surface area contributed by atoms with Crippen molar-refractivity contribution in [3.05, 3.63) is 47.8 Å². The van der Waals surface area contributed by atoms with Crippen molar-refractivity contribution in [3.8, 4) is 5.75 Å². The number of aryl methyl sites for hydroxylation is 1. The molecule has 0 radical (unpaired) electrons. The van der Waals surface area contributed by atoms with E-state index in [2.05, 4.69) is 5.10 Å². The second-order valence-corrected chi connectivity index (χ2v) is 5.62. The molecule has 21 heavy (non-hydrogen) atoms. The summed E-state index contributed by atoms with van der Waals surface area (Å²) in [6.07, 6.45) is 3.61. The first kappa shape index (κ1) is 13.7. The van der Waals surface area contributed by atoms with Crippen LogP contribution in [0.5, 0.6) is 5.75 Å². The Kier molecular flexibility index (Phi) is 3.64. The molecule has 0 aliphatic carbocycles. The summed E-state index contributed by atoms with van der Waals surface area (Å²) in [5.41, 5.74) is 1.84. The molecular weight excluding hydrogens is 266 g/mol. The molecule has 3 rings (SSSR count). The monoisotopic (exact) mass is 285 g/mol. The number of hydrogen-bond donors (Lipinski definition) is 1. The molecule has 1 N–H and O–H groups in total. The lowest BCUT2D eigenvalue weighted by molar-refractivity contribution is 0.0776. The van der Waals surface area contributed by atoms with E-state index in [1.54, 1.807) is 36.1 Å². The highest BCUT2D eigenvalue weighted by Crippen LogP contribution is 2.23. The number of amides is 1. The van der Waals surface area contributed by atoms with E-state index in [0.717, 1.165) is 25.9 Å². The van der Waals surface area contributed by atoms with Crippen molar-refractivity contribution in [3.63, 3.8) is 0 Å². The largest absolute Gasteiger partial charge is 0.508 e. The number of aromatic hydroxyl groups is 1. The molecule has 2 aromatic rings. The Morgan fingerprint density at radius 2 is 2.10 bits per heavy atom. The molecule has 1 amide bonds. The van der Waals surface area contributed by atoms with Gasteiger partial charge in [-0.15, -0.1) is 0 Å². The maximum Gasteiger partial charge on any atom is 0.272 e. The van der Waals surface area contributed by atoms with Gasteiger partial charge in [-0.3, -0.25) is 9.48 Å². The SMILES string of the molecule is Cn1nccc1C(=O)N1CCC(Cc2ccc(O)cc2)C1. The summed E-state index contributed by atoms with van der Waals surface area (Å²) in [6.45, 7) is 1.58. The number of hydrogen-bond acceptors (Lipinski definition) is 3. The number of carbonyl (C=O) groups excluding carboxylic acids is 1. The fourth-order valence-corrected chi connectivity index (χ4v) is 2.89. The van der Waals surface area contributed by atoms with Crippen molar-refractivity contribution in [1.82, 2.24) is 14.7 Å². The van der Waals surface area contributed by atoms with Crippen LogP contribution >= 0.6 is 0 Å². The zero-order valence-corrected chi connectivity index (χ0v) is 12.1. The molecule has 1 unspecified atom stereocenters. The predicted octanol–water partition coefficient (Wildman–Crippen LogP) is 1.83. The van der Waals surface area contributed by atoms with Crippen LogP contribution in [-0.2, 0) is 13.5 Å². The summed E-state index contributed by atoms with van der Waals surface area (Å²) >= 11 is 0. The Bertz CT molecular complexity index is 633. The highest BCUT2D eigenvalue weighted by atomic mass is 16.3. The summed E-state index contributed by atoms with van der Waals surface area (Å²) in [7, 11) is 1.79. The minimum atomic E-state index is 0.0585. The molecule has 110 valence electrons. The third kappa shape index (κ3) is 2.91. The second kappa shape index (κ2) is 5.60. The number of phenolic OH excluding ortho intramolecular Hbond substituents is 1. The fourth-order valence-electron chi connectivity index (χ4n) is 2.89. The molecule has 1 aromatic carbocycles. The molecule has 2 heterocycles. The smallest absolute Gasteiger partial charge is 0.272 e. The van der Waals surface area contributed by atoms with Gasteiger partial charge in [-0.2, -0.15) is 5.10 Å². The van der Waals surface area contributed by atoms with Gasteiger partial charge in [0.2, 0.25) is 0 Å². The average molecular weight is 285 g/mol. The highest BCUT2D eigenvalue weighted by molar-refractivity contribution is 5.92. The van der Waals surface area contributed by atoms with E-state index < -0.39 is 0 Å². The van der Waals surface area contributed by atoms with E-state index in [4.69, 9.17) is 0 Å². The van der Waals surface area contributed by atoms with Crippen LogP contribution in [0.4, 0.5) is 0 Å². The average Bonchev–Trinajstić information content (AvgIpc) is 3.10. The molecule has 5 heteroatoms. The van der Waals surface area contributed by atoms with Gasteiger partial charge in [-0.1, -0.05) is 12.1 Å². The quantitative estimate of drug-likeness (QED) is 0.936.